The number of ether oxygens (including phenoxy) is 1. The molecule has 0 spiro atoms. The van der Waals surface area contributed by atoms with Gasteiger partial charge < -0.3 is 10.1 Å². The van der Waals surface area contributed by atoms with Gasteiger partial charge in [0.2, 0.25) is 10.0 Å². The molecule has 0 aliphatic carbocycles. The summed E-state index contributed by atoms with van der Waals surface area (Å²) < 4.78 is 32.3. The highest BCUT2D eigenvalue weighted by molar-refractivity contribution is 7.98. The fraction of sp³-hybridized carbons (Fsp3) is 0.500. The molecule has 1 amide bonds. The first kappa shape index (κ1) is 21.5. The molecule has 0 saturated carbocycles. The third kappa shape index (κ3) is 7.05. The van der Waals surface area contributed by atoms with E-state index >= 15 is 0 Å². The van der Waals surface area contributed by atoms with E-state index in [0.29, 0.717) is 12.3 Å². The zero-order valence-corrected chi connectivity index (χ0v) is 16.2. The van der Waals surface area contributed by atoms with Crippen LogP contribution in [0.5, 0.6) is 0 Å². The highest BCUT2D eigenvalue weighted by Crippen LogP contribution is 2.12. The highest BCUT2D eigenvalue weighted by Gasteiger charge is 2.29. The largest absolute Gasteiger partial charge is 0.451 e. The zero-order chi connectivity index (χ0) is 18.9. The van der Waals surface area contributed by atoms with Crippen LogP contribution in [0, 0.1) is 0 Å². The van der Waals surface area contributed by atoms with Crippen LogP contribution in [0.2, 0.25) is 0 Å². The maximum atomic E-state index is 12.4. The second-order valence-electron chi connectivity index (χ2n) is 5.24. The Labute approximate surface area is 153 Å². The SMILES string of the molecule is CCNC(=O)[C@H](C)OC(=O)[C@H](CCSC)NS(=O)(=O)c1ccccc1. The number of hydrogen-bond acceptors (Lipinski definition) is 6. The Hall–Kier alpha value is -1.58. The summed E-state index contributed by atoms with van der Waals surface area (Å²) in [7, 11) is -3.86. The number of hydrogen-bond donors (Lipinski definition) is 2. The maximum absolute atomic E-state index is 12.4. The second kappa shape index (κ2) is 10.4. The number of esters is 1. The minimum absolute atomic E-state index is 0.0636. The van der Waals surface area contributed by atoms with Gasteiger partial charge in [0.05, 0.1) is 4.90 Å². The van der Waals surface area contributed by atoms with Crippen molar-refractivity contribution < 1.29 is 22.7 Å². The average molecular weight is 389 g/mol. The summed E-state index contributed by atoms with van der Waals surface area (Å²) in [4.78, 5) is 24.1. The molecular formula is C16H24N2O5S2. The van der Waals surface area contributed by atoms with Gasteiger partial charge in [0.1, 0.15) is 6.04 Å². The average Bonchev–Trinajstić information content (AvgIpc) is 2.59. The van der Waals surface area contributed by atoms with Crippen LogP contribution in [0.3, 0.4) is 0 Å². The summed E-state index contributed by atoms with van der Waals surface area (Å²) >= 11 is 1.48. The molecule has 140 valence electrons. The van der Waals surface area contributed by atoms with Crippen LogP contribution < -0.4 is 10.0 Å². The van der Waals surface area contributed by atoms with Crippen molar-refractivity contribution in [2.45, 2.75) is 37.3 Å². The Kier molecular flexibility index (Phi) is 8.95. The van der Waals surface area contributed by atoms with Gasteiger partial charge in [0.25, 0.3) is 5.91 Å². The van der Waals surface area contributed by atoms with E-state index in [0.717, 1.165) is 0 Å². The van der Waals surface area contributed by atoms with Gasteiger partial charge in [-0.1, -0.05) is 18.2 Å². The first-order valence-electron chi connectivity index (χ1n) is 7.86. The number of rotatable bonds is 10. The molecule has 7 nitrogen and oxygen atoms in total. The number of carbonyl (C=O) groups is 2. The lowest BCUT2D eigenvalue weighted by Gasteiger charge is -2.20. The molecule has 0 unspecified atom stereocenters. The number of carbonyl (C=O) groups excluding carboxylic acids is 2. The Morgan fingerprint density at radius 1 is 1.24 bits per heavy atom. The molecule has 0 heterocycles. The fourth-order valence-corrected chi connectivity index (χ4v) is 3.65. The number of likely N-dealkylation sites (N-methyl/N-ethyl adjacent to an activating group) is 1. The smallest absolute Gasteiger partial charge is 0.324 e. The van der Waals surface area contributed by atoms with Gasteiger partial charge in [0, 0.05) is 6.54 Å². The van der Waals surface area contributed by atoms with Crippen molar-refractivity contribution in [3.63, 3.8) is 0 Å². The van der Waals surface area contributed by atoms with Crippen molar-refractivity contribution in [3.05, 3.63) is 30.3 Å². The lowest BCUT2D eigenvalue weighted by molar-refractivity contribution is -0.156. The normalized spacial score (nSPS) is 13.7. The number of amides is 1. The van der Waals surface area contributed by atoms with Crippen LogP contribution in [-0.2, 0) is 24.3 Å². The van der Waals surface area contributed by atoms with Crippen LogP contribution >= 0.6 is 11.8 Å². The van der Waals surface area contributed by atoms with E-state index in [1.165, 1.54) is 30.8 Å². The van der Waals surface area contributed by atoms with Crippen molar-refractivity contribution in [2.75, 3.05) is 18.6 Å². The molecule has 2 N–H and O–H groups in total. The highest BCUT2D eigenvalue weighted by atomic mass is 32.2. The summed E-state index contributed by atoms with van der Waals surface area (Å²) in [6, 6.07) is 6.72. The Morgan fingerprint density at radius 2 is 1.88 bits per heavy atom. The van der Waals surface area contributed by atoms with Gasteiger partial charge in [-0.25, -0.2) is 8.42 Å². The van der Waals surface area contributed by atoms with E-state index in [1.54, 1.807) is 25.1 Å². The maximum Gasteiger partial charge on any atom is 0.324 e. The monoisotopic (exact) mass is 388 g/mol. The molecule has 0 aromatic heterocycles. The number of sulfonamides is 1. The minimum atomic E-state index is -3.86. The van der Waals surface area contributed by atoms with E-state index in [1.807, 2.05) is 6.26 Å². The topological polar surface area (TPSA) is 102 Å². The van der Waals surface area contributed by atoms with E-state index in [4.69, 9.17) is 4.74 Å². The van der Waals surface area contributed by atoms with Crippen LogP contribution in [0.1, 0.15) is 20.3 Å². The molecule has 2 atom stereocenters. The van der Waals surface area contributed by atoms with Crippen LogP contribution in [-0.4, -0.2) is 51.0 Å². The first-order chi connectivity index (χ1) is 11.8. The fourth-order valence-electron chi connectivity index (χ4n) is 1.94. The van der Waals surface area contributed by atoms with Gasteiger partial charge >= 0.3 is 5.97 Å². The molecule has 0 bridgehead atoms. The van der Waals surface area contributed by atoms with E-state index < -0.39 is 34.0 Å². The minimum Gasteiger partial charge on any atom is -0.451 e. The standard InChI is InChI=1S/C16H24N2O5S2/c1-4-17-15(19)12(2)23-16(20)14(10-11-24-3)18-25(21,22)13-8-6-5-7-9-13/h5-9,12,14,18H,4,10-11H2,1-3H3,(H,17,19)/t12-,14-/m0/s1. The van der Waals surface area contributed by atoms with Gasteiger partial charge in [-0.05, 0) is 44.4 Å². The van der Waals surface area contributed by atoms with Crippen LogP contribution in [0.4, 0.5) is 0 Å². The van der Waals surface area contributed by atoms with Crippen LogP contribution in [0.25, 0.3) is 0 Å². The molecule has 0 fully saturated rings. The van der Waals surface area contributed by atoms with Crippen molar-refractivity contribution in [1.82, 2.24) is 10.0 Å². The quantitative estimate of drug-likeness (QED) is 0.583. The molecule has 0 aliphatic rings. The van der Waals surface area contributed by atoms with Gasteiger partial charge in [0.15, 0.2) is 6.10 Å². The molecule has 1 rings (SSSR count). The summed E-state index contributed by atoms with van der Waals surface area (Å²) in [5, 5.41) is 2.55. The third-order valence-corrected chi connectivity index (χ3v) is 5.39. The van der Waals surface area contributed by atoms with E-state index in [2.05, 4.69) is 10.0 Å². The summed E-state index contributed by atoms with van der Waals surface area (Å²) in [5.74, 6) is -0.634. The molecule has 0 saturated heterocycles. The lowest BCUT2D eigenvalue weighted by atomic mass is 10.2. The molecule has 1 aromatic rings. The Morgan fingerprint density at radius 3 is 2.44 bits per heavy atom. The zero-order valence-electron chi connectivity index (χ0n) is 14.5. The van der Waals surface area contributed by atoms with Crippen molar-refractivity contribution >= 4 is 33.7 Å². The number of benzene rings is 1. The summed E-state index contributed by atoms with van der Waals surface area (Å²) in [6.07, 6.45) is 1.12. The molecule has 9 heteroatoms. The Bertz CT molecular complexity index is 664. The molecule has 0 aliphatic heterocycles. The van der Waals surface area contributed by atoms with Gasteiger partial charge in [-0.2, -0.15) is 16.5 Å². The van der Waals surface area contributed by atoms with Gasteiger partial charge in [-0.3, -0.25) is 9.59 Å². The molecule has 25 heavy (non-hydrogen) atoms. The van der Waals surface area contributed by atoms with Gasteiger partial charge in [-0.15, -0.1) is 0 Å². The third-order valence-electron chi connectivity index (χ3n) is 3.26. The number of nitrogens with one attached hydrogen (secondary N) is 2. The first-order valence-corrected chi connectivity index (χ1v) is 10.7. The van der Waals surface area contributed by atoms with Crippen molar-refractivity contribution in [1.29, 1.82) is 0 Å². The molecular weight excluding hydrogens is 364 g/mol. The summed E-state index contributed by atoms with van der Waals surface area (Å²) in [5.41, 5.74) is 0. The van der Waals surface area contributed by atoms with E-state index in [-0.39, 0.29) is 11.3 Å². The van der Waals surface area contributed by atoms with Crippen molar-refractivity contribution in [3.8, 4) is 0 Å². The number of thioether (sulfide) groups is 1. The summed E-state index contributed by atoms with van der Waals surface area (Å²) in [6.45, 7) is 3.61. The predicted molar refractivity (Wildman–Crippen MR) is 97.8 cm³/mol. The lowest BCUT2D eigenvalue weighted by Crippen LogP contribution is -2.45. The van der Waals surface area contributed by atoms with Crippen molar-refractivity contribution in [2.24, 2.45) is 0 Å². The molecule has 0 radical (unpaired) electrons. The van der Waals surface area contributed by atoms with Crippen LogP contribution in [0.15, 0.2) is 35.2 Å². The van der Waals surface area contributed by atoms with E-state index in [9.17, 15) is 18.0 Å². The predicted octanol–water partition coefficient (Wildman–Crippen LogP) is 1.15. The molecule has 1 aromatic carbocycles. The second-order valence-corrected chi connectivity index (χ2v) is 7.94. The Balaban J connectivity index is 2.86.